The van der Waals surface area contributed by atoms with E-state index in [1.165, 1.54) is 23.6 Å². The fraction of sp³-hybridized carbons (Fsp3) is 0.211. The lowest BCUT2D eigenvalue weighted by Gasteiger charge is -2.20. The Morgan fingerprint density at radius 2 is 1.92 bits per heavy atom. The minimum Gasteiger partial charge on any atom is -0.454 e. The van der Waals surface area contributed by atoms with Crippen LogP contribution in [-0.4, -0.2) is 15.5 Å². The minimum atomic E-state index is -0.710. The number of halogens is 1. The molecule has 0 radical (unpaired) electrons. The second kappa shape index (κ2) is 6.84. The summed E-state index contributed by atoms with van der Waals surface area (Å²) in [5, 5.41) is -0.0900. The molecule has 0 saturated carbocycles. The molecular formula is C19H17FN2O3. The predicted octanol–water partition coefficient (Wildman–Crippen LogP) is 3.54. The van der Waals surface area contributed by atoms with Crippen LogP contribution in [0.5, 0.6) is 0 Å². The summed E-state index contributed by atoms with van der Waals surface area (Å²) in [7, 11) is 0. The van der Waals surface area contributed by atoms with E-state index in [0.29, 0.717) is 12.1 Å². The largest absolute Gasteiger partial charge is 0.454 e. The van der Waals surface area contributed by atoms with Crippen molar-refractivity contribution in [3.05, 3.63) is 70.5 Å². The van der Waals surface area contributed by atoms with Gasteiger partial charge < -0.3 is 4.74 Å². The van der Waals surface area contributed by atoms with E-state index in [0.717, 1.165) is 0 Å². The van der Waals surface area contributed by atoms with Gasteiger partial charge in [0.05, 0.1) is 11.2 Å². The van der Waals surface area contributed by atoms with Crippen molar-refractivity contribution in [3.63, 3.8) is 0 Å². The van der Waals surface area contributed by atoms with Crippen molar-refractivity contribution in [3.8, 4) is 5.69 Å². The first-order valence-corrected chi connectivity index (χ1v) is 7.96. The third-order valence-corrected chi connectivity index (χ3v) is 3.85. The highest BCUT2D eigenvalue weighted by molar-refractivity contribution is 5.78. The van der Waals surface area contributed by atoms with E-state index >= 15 is 0 Å². The molecular weight excluding hydrogens is 323 g/mol. The Kier molecular flexibility index (Phi) is 4.61. The molecule has 0 spiro atoms. The average Bonchev–Trinajstić information content (AvgIpc) is 2.60. The molecule has 1 atom stereocenters. The highest BCUT2D eigenvalue weighted by Crippen LogP contribution is 2.24. The lowest BCUT2D eigenvalue weighted by atomic mass is 10.1. The highest BCUT2D eigenvalue weighted by atomic mass is 19.1. The van der Waals surface area contributed by atoms with Gasteiger partial charge in [0.15, 0.2) is 11.9 Å². The van der Waals surface area contributed by atoms with Crippen molar-refractivity contribution in [1.82, 2.24) is 9.55 Å². The van der Waals surface area contributed by atoms with Gasteiger partial charge in [-0.3, -0.25) is 14.2 Å². The molecule has 5 nitrogen and oxygen atoms in total. The Balaban J connectivity index is 2.38. The fourth-order valence-electron chi connectivity index (χ4n) is 2.77. The third kappa shape index (κ3) is 3.15. The molecule has 0 aliphatic heterocycles. The second-order valence-corrected chi connectivity index (χ2v) is 5.59. The SMILES string of the molecule is CC[C@@H](OC(C)=O)c1nc2cccc(F)c2c(=O)n1-c1ccccc1. The average molecular weight is 340 g/mol. The first-order chi connectivity index (χ1) is 12.0. The zero-order valence-corrected chi connectivity index (χ0v) is 13.9. The third-order valence-electron chi connectivity index (χ3n) is 3.85. The van der Waals surface area contributed by atoms with Crippen LogP contribution < -0.4 is 5.56 Å². The van der Waals surface area contributed by atoms with Gasteiger partial charge in [0.25, 0.3) is 5.56 Å². The molecule has 6 heteroatoms. The molecule has 0 bridgehead atoms. The monoisotopic (exact) mass is 340 g/mol. The van der Waals surface area contributed by atoms with Crippen LogP contribution in [0.4, 0.5) is 4.39 Å². The van der Waals surface area contributed by atoms with E-state index in [1.807, 2.05) is 13.0 Å². The summed E-state index contributed by atoms with van der Waals surface area (Å²) in [6, 6.07) is 13.1. The number of para-hydroxylation sites is 1. The smallest absolute Gasteiger partial charge is 0.303 e. The van der Waals surface area contributed by atoms with Gasteiger partial charge in [-0.25, -0.2) is 9.37 Å². The quantitative estimate of drug-likeness (QED) is 0.682. The Bertz CT molecular complexity index is 983. The predicted molar refractivity (Wildman–Crippen MR) is 92.1 cm³/mol. The number of fused-ring (bicyclic) bond motifs is 1. The molecule has 1 aromatic heterocycles. The molecule has 3 aromatic rings. The highest BCUT2D eigenvalue weighted by Gasteiger charge is 2.23. The number of ether oxygens (including phenoxy) is 1. The molecule has 0 aliphatic rings. The van der Waals surface area contributed by atoms with E-state index < -0.39 is 23.4 Å². The second-order valence-electron chi connectivity index (χ2n) is 5.59. The van der Waals surface area contributed by atoms with Crippen LogP contribution in [0.2, 0.25) is 0 Å². The summed E-state index contributed by atoms with van der Waals surface area (Å²) in [6.45, 7) is 3.12. The van der Waals surface area contributed by atoms with Gasteiger partial charge in [-0.05, 0) is 30.7 Å². The Morgan fingerprint density at radius 1 is 1.20 bits per heavy atom. The van der Waals surface area contributed by atoms with Crippen molar-refractivity contribution in [2.45, 2.75) is 26.4 Å². The van der Waals surface area contributed by atoms with E-state index in [4.69, 9.17) is 4.74 Å². The summed E-state index contributed by atoms with van der Waals surface area (Å²) in [5.41, 5.74) is 0.235. The maximum atomic E-state index is 14.2. The molecule has 0 aliphatic carbocycles. The van der Waals surface area contributed by atoms with Crippen LogP contribution in [0.15, 0.2) is 53.3 Å². The molecule has 1 heterocycles. The normalized spacial score (nSPS) is 12.1. The Hall–Kier alpha value is -3.02. The number of esters is 1. The molecule has 0 N–H and O–H groups in total. The molecule has 0 amide bonds. The van der Waals surface area contributed by atoms with Gasteiger partial charge in [-0.1, -0.05) is 31.2 Å². The summed E-state index contributed by atoms with van der Waals surface area (Å²) in [6.07, 6.45) is -0.280. The van der Waals surface area contributed by atoms with Crippen LogP contribution in [0.25, 0.3) is 16.6 Å². The first kappa shape index (κ1) is 16.8. The molecule has 0 fully saturated rings. The molecule has 128 valence electrons. The number of hydrogen-bond donors (Lipinski definition) is 0. The van der Waals surface area contributed by atoms with E-state index in [1.54, 1.807) is 30.3 Å². The number of aromatic nitrogens is 2. The zero-order chi connectivity index (χ0) is 18.0. The summed E-state index contributed by atoms with van der Waals surface area (Å²) >= 11 is 0. The molecule has 0 unspecified atom stereocenters. The maximum absolute atomic E-state index is 14.2. The number of rotatable bonds is 4. The number of carbonyl (C=O) groups excluding carboxylic acids is 1. The van der Waals surface area contributed by atoms with Crippen molar-refractivity contribution in [1.29, 1.82) is 0 Å². The summed E-state index contributed by atoms with van der Waals surface area (Å²) < 4.78 is 20.9. The van der Waals surface area contributed by atoms with Gasteiger partial charge in [-0.2, -0.15) is 0 Å². The van der Waals surface area contributed by atoms with Crippen LogP contribution in [0, 0.1) is 5.82 Å². The Morgan fingerprint density at radius 3 is 2.56 bits per heavy atom. The lowest BCUT2D eigenvalue weighted by molar-refractivity contribution is -0.147. The van der Waals surface area contributed by atoms with Crippen LogP contribution in [0.1, 0.15) is 32.2 Å². The van der Waals surface area contributed by atoms with Crippen molar-refractivity contribution >= 4 is 16.9 Å². The van der Waals surface area contributed by atoms with E-state index in [2.05, 4.69) is 4.98 Å². The maximum Gasteiger partial charge on any atom is 0.303 e. The molecule has 2 aromatic carbocycles. The van der Waals surface area contributed by atoms with Crippen LogP contribution in [0.3, 0.4) is 0 Å². The van der Waals surface area contributed by atoms with E-state index in [-0.39, 0.29) is 16.7 Å². The number of benzene rings is 2. The minimum absolute atomic E-state index is 0.0900. The van der Waals surface area contributed by atoms with Crippen LogP contribution in [-0.2, 0) is 9.53 Å². The van der Waals surface area contributed by atoms with E-state index in [9.17, 15) is 14.0 Å². The molecule has 25 heavy (non-hydrogen) atoms. The summed E-state index contributed by atoms with van der Waals surface area (Å²) in [5.74, 6) is -0.834. The molecule has 0 saturated heterocycles. The van der Waals surface area contributed by atoms with Crippen LogP contribution >= 0.6 is 0 Å². The number of nitrogens with zero attached hydrogens (tertiary/aromatic N) is 2. The first-order valence-electron chi connectivity index (χ1n) is 7.96. The zero-order valence-electron chi connectivity index (χ0n) is 13.9. The topological polar surface area (TPSA) is 61.2 Å². The van der Waals surface area contributed by atoms with Gasteiger partial charge >= 0.3 is 5.97 Å². The number of hydrogen-bond acceptors (Lipinski definition) is 4. The Labute approximate surface area is 143 Å². The van der Waals surface area contributed by atoms with Gasteiger partial charge in [0, 0.05) is 6.92 Å². The fourth-order valence-corrected chi connectivity index (χ4v) is 2.77. The lowest BCUT2D eigenvalue weighted by Crippen LogP contribution is -2.27. The van der Waals surface area contributed by atoms with Gasteiger partial charge in [-0.15, -0.1) is 0 Å². The van der Waals surface area contributed by atoms with Crippen molar-refractivity contribution in [2.24, 2.45) is 0 Å². The molecule has 3 rings (SSSR count). The van der Waals surface area contributed by atoms with Crippen molar-refractivity contribution < 1.29 is 13.9 Å². The standard InChI is InChI=1S/C19H17FN2O3/c1-3-16(25-12(2)23)18-21-15-11-7-10-14(20)17(15)19(24)22(18)13-8-5-4-6-9-13/h4-11,16H,3H2,1-2H3/t16-/m1/s1. The number of carbonyl (C=O) groups is 1. The summed E-state index contributed by atoms with van der Waals surface area (Å²) in [4.78, 5) is 28.9. The van der Waals surface area contributed by atoms with Gasteiger partial charge in [0.1, 0.15) is 11.2 Å². The van der Waals surface area contributed by atoms with Gasteiger partial charge in [0.2, 0.25) is 0 Å². The van der Waals surface area contributed by atoms with Crippen molar-refractivity contribution in [2.75, 3.05) is 0 Å².